The van der Waals surface area contributed by atoms with Gasteiger partial charge in [-0.3, -0.25) is 4.98 Å². The Bertz CT molecular complexity index is 1590. The zero-order valence-electron chi connectivity index (χ0n) is 23.7. The van der Waals surface area contributed by atoms with Gasteiger partial charge in [0.1, 0.15) is 6.26 Å². The summed E-state index contributed by atoms with van der Waals surface area (Å²) in [5.41, 5.74) is 2.91. The minimum Gasteiger partial charge on any atom is -0.431 e. The lowest BCUT2D eigenvalue weighted by Crippen LogP contribution is -2.26. The average molecular weight is 645 g/mol. The number of alkyl halides is 9. The summed E-state index contributed by atoms with van der Waals surface area (Å²) in [6.45, 7) is -0.772. The Balaban J connectivity index is 1.61. The van der Waals surface area contributed by atoms with Crippen molar-refractivity contribution in [3.63, 3.8) is 0 Å². The predicted molar refractivity (Wildman–Crippen MR) is 148 cm³/mol. The van der Waals surface area contributed by atoms with E-state index in [1.807, 2.05) is 0 Å². The van der Waals surface area contributed by atoms with Gasteiger partial charge in [0.05, 0.1) is 22.3 Å². The second-order valence-corrected chi connectivity index (χ2v) is 11.3. The van der Waals surface area contributed by atoms with Crippen LogP contribution in [0.15, 0.2) is 59.2 Å². The molecule has 1 fully saturated rings. The lowest BCUT2D eigenvalue weighted by Gasteiger charge is -2.26. The van der Waals surface area contributed by atoms with Crippen LogP contribution in [0.3, 0.4) is 0 Å². The van der Waals surface area contributed by atoms with E-state index in [-0.39, 0.29) is 25.1 Å². The minimum absolute atomic E-state index is 0.0129. The molecule has 1 saturated carbocycles. The van der Waals surface area contributed by atoms with Crippen molar-refractivity contribution < 1.29 is 43.9 Å². The minimum atomic E-state index is -5.11. The number of nitrogens with zero attached hydrogens (tertiary/aromatic N) is 3. The van der Waals surface area contributed by atoms with Gasteiger partial charge in [0.25, 0.3) is 6.01 Å². The Hall–Kier alpha value is -3.81. The number of oxazole rings is 1. The molecule has 1 aliphatic rings. The molecule has 2 N–H and O–H groups in total. The first-order valence-electron chi connectivity index (χ1n) is 14.3. The van der Waals surface area contributed by atoms with Crippen molar-refractivity contribution in [1.29, 1.82) is 0 Å². The standard InChI is InChI=1S/C31H29F9N4O/c32-29(33,34)23-10-19(11-24(13-23)30(35,36)37)15-44(28-43-26(17-45-28)31(38,39)40)16-22-12-20-7-3-4-8-25(20)42-27(22)21(14-41)9-18-5-1-2-6-18/h3-4,7-8,10-13,17-18,21H,1-2,5-6,9,14-16,41H2. The number of para-hydroxylation sites is 1. The van der Waals surface area contributed by atoms with E-state index in [4.69, 9.17) is 15.1 Å². The molecule has 2 heterocycles. The highest BCUT2D eigenvalue weighted by Crippen LogP contribution is 2.39. The molecule has 4 aromatic rings. The van der Waals surface area contributed by atoms with Crippen molar-refractivity contribution in [2.45, 2.75) is 69.6 Å². The molecule has 45 heavy (non-hydrogen) atoms. The fourth-order valence-electron chi connectivity index (χ4n) is 5.89. The zero-order chi connectivity index (χ0) is 32.6. The fraction of sp³-hybridized carbons (Fsp3) is 0.419. The van der Waals surface area contributed by atoms with Crippen LogP contribution < -0.4 is 10.6 Å². The van der Waals surface area contributed by atoms with Crippen molar-refractivity contribution in [2.75, 3.05) is 11.4 Å². The fourth-order valence-corrected chi connectivity index (χ4v) is 5.89. The number of fused-ring (bicyclic) bond motifs is 1. The quantitative estimate of drug-likeness (QED) is 0.184. The van der Waals surface area contributed by atoms with E-state index in [1.54, 1.807) is 30.3 Å². The molecule has 0 amide bonds. The van der Waals surface area contributed by atoms with E-state index in [2.05, 4.69) is 4.98 Å². The maximum absolute atomic E-state index is 13.6. The van der Waals surface area contributed by atoms with Gasteiger partial charge < -0.3 is 15.1 Å². The van der Waals surface area contributed by atoms with Gasteiger partial charge in [-0.25, -0.2) is 0 Å². The third-order valence-electron chi connectivity index (χ3n) is 8.04. The van der Waals surface area contributed by atoms with Gasteiger partial charge in [-0.1, -0.05) is 43.9 Å². The molecule has 2 aromatic heterocycles. The van der Waals surface area contributed by atoms with Crippen LogP contribution in [0, 0.1) is 5.92 Å². The lowest BCUT2D eigenvalue weighted by atomic mass is 9.88. The van der Waals surface area contributed by atoms with E-state index in [1.165, 1.54) is 0 Å². The number of hydrogen-bond donors (Lipinski definition) is 1. The molecule has 0 saturated heterocycles. The monoisotopic (exact) mass is 644 g/mol. The molecule has 0 radical (unpaired) electrons. The number of pyridine rings is 1. The van der Waals surface area contributed by atoms with Gasteiger partial charge in [-0.2, -0.15) is 44.5 Å². The van der Waals surface area contributed by atoms with Crippen LogP contribution in [0.1, 0.15) is 71.7 Å². The summed E-state index contributed by atoms with van der Waals surface area (Å²) in [4.78, 5) is 9.42. The van der Waals surface area contributed by atoms with Gasteiger partial charge in [-0.05, 0) is 53.8 Å². The Morgan fingerprint density at radius 3 is 2.04 bits per heavy atom. The van der Waals surface area contributed by atoms with Gasteiger partial charge in [0.15, 0.2) is 5.69 Å². The first kappa shape index (κ1) is 32.6. The smallest absolute Gasteiger partial charge is 0.431 e. The van der Waals surface area contributed by atoms with Crippen LogP contribution in [-0.2, 0) is 31.6 Å². The Morgan fingerprint density at radius 1 is 0.822 bits per heavy atom. The number of rotatable bonds is 9. The molecule has 0 bridgehead atoms. The van der Waals surface area contributed by atoms with Gasteiger partial charge in [-0.15, -0.1) is 0 Å². The average Bonchev–Trinajstić information content (AvgIpc) is 3.67. The predicted octanol–water partition coefficient (Wildman–Crippen LogP) is 9.11. The summed E-state index contributed by atoms with van der Waals surface area (Å²) in [5, 5.41) is 0.676. The molecule has 0 aliphatic heterocycles. The summed E-state index contributed by atoms with van der Waals surface area (Å²) in [7, 11) is 0. The third kappa shape index (κ3) is 7.71. The maximum atomic E-state index is 13.6. The molecule has 2 aromatic carbocycles. The molecule has 1 aliphatic carbocycles. The van der Waals surface area contributed by atoms with Crippen molar-refractivity contribution in [3.05, 3.63) is 88.4 Å². The number of benzene rings is 2. The van der Waals surface area contributed by atoms with Crippen LogP contribution in [0.2, 0.25) is 0 Å². The highest BCUT2D eigenvalue weighted by Gasteiger charge is 2.38. The Kier molecular flexibility index (Phi) is 9.07. The lowest BCUT2D eigenvalue weighted by molar-refractivity contribution is -0.143. The van der Waals surface area contributed by atoms with E-state index in [9.17, 15) is 39.5 Å². The second kappa shape index (κ2) is 12.5. The number of hydrogen-bond acceptors (Lipinski definition) is 5. The van der Waals surface area contributed by atoms with Crippen LogP contribution in [0.25, 0.3) is 10.9 Å². The highest BCUT2D eigenvalue weighted by atomic mass is 19.4. The van der Waals surface area contributed by atoms with E-state index >= 15 is 0 Å². The Morgan fingerprint density at radius 2 is 1.47 bits per heavy atom. The van der Waals surface area contributed by atoms with Crippen molar-refractivity contribution in [3.8, 4) is 0 Å². The number of anilines is 1. The molecule has 242 valence electrons. The normalized spacial score (nSPS) is 15.6. The molecule has 1 unspecified atom stereocenters. The molecule has 14 heteroatoms. The van der Waals surface area contributed by atoms with Crippen molar-refractivity contribution in [2.24, 2.45) is 11.7 Å². The first-order chi connectivity index (χ1) is 21.1. The van der Waals surface area contributed by atoms with Crippen molar-refractivity contribution in [1.82, 2.24) is 9.97 Å². The molecule has 5 nitrogen and oxygen atoms in total. The number of nitrogens with two attached hydrogens (primary N) is 1. The molecular formula is C31H29F9N4O. The summed E-state index contributed by atoms with van der Waals surface area (Å²) in [6.07, 6.45) is -9.90. The van der Waals surface area contributed by atoms with Crippen LogP contribution in [0.5, 0.6) is 0 Å². The summed E-state index contributed by atoms with van der Waals surface area (Å²) < 4.78 is 127. The summed E-state index contributed by atoms with van der Waals surface area (Å²) in [5.74, 6) is 0.137. The summed E-state index contributed by atoms with van der Waals surface area (Å²) in [6, 6.07) is 9.26. The van der Waals surface area contributed by atoms with Crippen LogP contribution >= 0.6 is 0 Å². The van der Waals surface area contributed by atoms with Gasteiger partial charge in [0, 0.05) is 30.9 Å². The highest BCUT2D eigenvalue weighted by molar-refractivity contribution is 5.79. The summed E-state index contributed by atoms with van der Waals surface area (Å²) >= 11 is 0. The van der Waals surface area contributed by atoms with Crippen molar-refractivity contribution >= 4 is 16.9 Å². The van der Waals surface area contributed by atoms with E-state index < -0.39 is 53.5 Å². The topological polar surface area (TPSA) is 68.2 Å². The SMILES string of the molecule is NCC(CC1CCCC1)c1nc2ccccc2cc1CN(Cc1cc(C(F)(F)F)cc(C(F)(F)F)c1)c1nc(C(F)(F)F)co1. The number of halogens is 9. The molecule has 0 spiro atoms. The molecule has 1 atom stereocenters. The van der Waals surface area contributed by atoms with Crippen LogP contribution in [0.4, 0.5) is 45.5 Å². The van der Waals surface area contributed by atoms with E-state index in [0.29, 0.717) is 52.9 Å². The van der Waals surface area contributed by atoms with Crippen LogP contribution in [-0.4, -0.2) is 16.5 Å². The Labute approximate surface area is 252 Å². The zero-order valence-corrected chi connectivity index (χ0v) is 23.7. The maximum Gasteiger partial charge on any atom is 0.436 e. The molecule has 5 rings (SSSR count). The molecular weight excluding hydrogens is 615 g/mol. The van der Waals surface area contributed by atoms with E-state index in [0.717, 1.165) is 30.6 Å². The largest absolute Gasteiger partial charge is 0.436 e. The first-order valence-corrected chi connectivity index (χ1v) is 14.3. The number of aromatic nitrogens is 2. The van der Waals surface area contributed by atoms with Gasteiger partial charge in [0.2, 0.25) is 0 Å². The third-order valence-corrected chi connectivity index (χ3v) is 8.04. The second-order valence-electron chi connectivity index (χ2n) is 11.3. The van der Waals surface area contributed by atoms with Gasteiger partial charge >= 0.3 is 18.5 Å².